The molecule has 1 N–H and O–H groups in total. The molecule has 2 aromatic heterocycles. The molecule has 0 unspecified atom stereocenters. The minimum absolute atomic E-state index is 0.118. The summed E-state index contributed by atoms with van der Waals surface area (Å²) in [6, 6.07) is 10.1. The van der Waals surface area contributed by atoms with E-state index < -0.39 is 0 Å². The second kappa shape index (κ2) is 6.01. The van der Waals surface area contributed by atoms with Gasteiger partial charge in [-0.05, 0) is 45.4 Å². The van der Waals surface area contributed by atoms with E-state index in [9.17, 15) is 4.79 Å². The number of aromatic nitrogens is 2. The molecule has 4 nitrogen and oxygen atoms in total. The van der Waals surface area contributed by atoms with Crippen LogP contribution in [0.15, 0.2) is 36.5 Å². The zero-order chi connectivity index (χ0) is 16.6. The third-order valence-electron chi connectivity index (χ3n) is 3.87. The van der Waals surface area contributed by atoms with Gasteiger partial charge >= 0.3 is 0 Å². The molecule has 23 heavy (non-hydrogen) atoms. The van der Waals surface area contributed by atoms with Crippen molar-refractivity contribution in [3.8, 4) is 5.69 Å². The minimum Gasteiger partial charge on any atom is -0.317 e. The summed E-state index contributed by atoms with van der Waals surface area (Å²) in [7, 11) is 0. The van der Waals surface area contributed by atoms with Crippen LogP contribution in [0.5, 0.6) is 0 Å². The zero-order valence-electron chi connectivity index (χ0n) is 13.7. The van der Waals surface area contributed by atoms with Crippen LogP contribution in [0.4, 0.5) is 5.13 Å². The number of aryl methyl sites for hydroxylation is 3. The Bertz CT molecular complexity index is 876. The van der Waals surface area contributed by atoms with E-state index in [4.69, 9.17) is 0 Å². The van der Waals surface area contributed by atoms with E-state index in [1.165, 1.54) is 16.9 Å². The maximum Gasteiger partial charge on any atom is 0.259 e. The average Bonchev–Trinajstić information content (AvgIpc) is 3.04. The maximum absolute atomic E-state index is 12.6. The third kappa shape index (κ3) is 2.92. The first-order chi connectivity index (χ1) is 11.0. The lowest BCUT2D eigenvalue weighted by atomic mass is 10.2. The number of benzene rings is 1. The highest BCUT2D eigenvalue weighted by molar-refractivity contribution is 7.15. The molecule has 2 heterocycles. The number of para-hydroxylation sites is 1. The van der Waals surface area contributed by atoms with E-state index in [-0.39, 0.29) is 5.91 Å². The molecule has 1 amide bonds. The fraction of sp³-hybridized carbons (Fsp3) is 0.222. The van der Waals surface area contributed by atoms with Gasteiger partial charge in [-0.2, -0.15) is 0 Å². The zero-order valence-corrected chi connectivity index (χ0v) is 14.5. The summed E-state index contributed by atoms with van der Waals surface area (Å²) >= 11 is 1.48. The van der Waals surface area contributed by atoms with Crippen LogP contribution in [0.2, 0.25) is 0 Å². The highest BCUT2D eigenvalue weighted by atomic mass is 32.1. The summed E-state index contributed by atoms with van der Waals surface area (Å²) in [6.45, 7) is 8.04. The molecular formula is C18H19N3OS. The van der Waals surface area contributed by atoms with Crippen LogP contribution in [0.25, 0.3) is 5.69 Å². The SMILES string of the molecule is Cc1cnc(NC(=O)c2cc(C)n(-c3ccccc3C)c2C)s1. The average molecular weight is 325 g/mol. The van der Waals surface area contributed by atoms with Crippen molar-refractivity contribution in [1.82, 2.24) is 9.55 Å². The van der Waals surface area contributed by atoms with Gasteiger partial charge in [-0.3, -0.25) is 10.1 Å². The lowest BCUT2D eigenvalue weighted by Crippen LogP contribution is -2.13. The lowest BCUT2D eigenvalue weighted by molar-refractivity contribution is 0.102. The summed E-state index contributed by atoms with van der Waals surface area (Å²) < 4.78 is 2.12. The van der Waals surface area contributed by atoms with Gasteiger partial charge in [-0.1, -0.05) is 18.2 Å². The van der Waals surface area contributed by atoms with E-state index >= 15 is 0 Å². The Morgan fingerprint density at radius 3 is 2.57 bits per heavy atom. The van der Waals surface area contributed by atoms with Crippen molar-refractivity contribution in [2.75, 3.05) is 5.32 Å². The fourth-order valence-electron chi connectivity index (χ4n) is 2.75. The van der Waals surface area contributed by atoms with Crippen LogP contribution in [-0.4, -0.2) is 15.5 Å². The van der Waals surface area contributed by atoms with Crippen LogP contribution in [0.3, 0.4) is 0 Å². The predicted octanol–water partition coefficient (Wildman–Crippen LogP) is 4.42. The van der Waals surface area contributed by atoms with Crippen LogP contribution in [0.1, 0.15) is 32.2 Å². The molecule has 3 aromatic rings. The number of nitrogens with zero attached hydrogens (tertiary/aromatic N) is 2. The summed E-state index contributed by atoms with van der Waals surface area (Å²) in [4.78, 5) is 17.8. The normalized spacial score (nSPS) is 10.8. The lowest BCUT2D eigenvalue weighted by Gasteiger charge is -2.12. The van der Waals surface area contributed by atoms with Gasteiger partial charge in [0.1, 0.15) is 0 Å². The van der Waals surface area contributed by atoms with Crippen LogP contribution in [0, 0.1) is 27.7 Å². The number of anilines is 1. The van der Waals surface area contributed by atoms with Crippen molar-refractivity contribution in [2.45, 2.75) is 27.7 Å². The number of hydrogen-bond donors (Lipinski definition) is 1. The van der Waals surface area contributed by atoms with E-state index in [1.54, 1.807) is 6.20 Å². The van der Waals surface area contributed by atoms with Gasteiger partial charge in [0, 0.05) is 28.1 Å². The highest BCUT2D eigenvalue weighted by Gasteiger charge is 2.18. The first kappa shape index (κ1) is 15.5. The van der Waals surface area contributed by atoms with Crippen LogP contribution >= 0.6 is 11.3 Å². The Labute approximate surface area is 139 Å². The molecule has 0 aliphatic rings. The van der Waals surface area contributed by atoms with Crippen LogP contribution < -0.4 is 5.32 Å². The molecule has 0 aliphatic carbocycles. The second-order valence-electron chi connectivity index (χ2n) is 5.64. The quantitative estimate of drug-likeness (QED) is 0.775. The molecule has 0 bridgehead atoms. The van der Waals surface area contributed by atoms with E-state index in [0.29, 0.717) is 10.7 Å². The van der Waals surface area contributed by atoms with Gasteiger partial charge < -0.3 is 4.57 Å². The summed E-state index contributed by atoms with van der Waals surface area (Å²) in [5.74, 6) is -0.118. The number of rotatable bonds is 3. The van der Waals surface area contributed by atoms with E-state index in [2.05, 4.69) is 33.9 Å². The molecule has 0 saturated heterocycles. The first-order valence-corrected chi connectivity index (χ1v) is 8.27. The second-order valence-corrected chi connectivity index (χ2v) is 6.87. The Hall–Kier alpha value is -2.40. The Balaban J connectivity index is 1.98. The molecule has 5 heteroatoms. The van der Waals surface area contributed by atoms with Gasteiger partial charge in [-0.15, -0.1) is 11.3 Å². The van der Waals surface area contributed by atoms with Gasteiger partial charge in [0.15, 0.2) is 5.13 Å². The van der Waals surface area contributed by atoms with Crippen molar-refractivity contribution in [2.24, 2.45) is 0 Å². The van der Waals surface area contributed by atoms with E-state index in [1.807, 2.05) is 39.0 Å². The Kier molecular flexibility index (Phi) is 4.05. The molecule has 1 aromatic carbocycles. The van der Waals surface area contributed by atoms with Gasteiger partial charge in [0.2, 0.25) is 0 Å². The molecule has 0 saturated carbocycles. The standard InChI is InChI=1S/C18H19N3OS/c1-11-7-5-6-8-16(11)21-12(2)9-15(14(21)4)17(22)20-18-19-10-13(3)23-18/h5-10H,1-4H3,(H,19,20,22). The molecule has 0 atom stereocenters. The number of thiazole rings is 1. The van der Waals surface area contributed by atoms with Crippen molar-refractivity contribution >= 4 is 22.4 Å². The summed E-state index contributed by atoms with van der Waals surface area (Å²) in [6.07, 6.45) is 1.76. The van der Waals surface area contributed by atoms with Crippen molar-refractivity contribution in [3.63, 3.8) is 0 Å². The fourth-order valence-corrected chi connectivity index (χ4v) is 3.41. The smallest absolute Gasteiger partial charge is 0.259 e. The summed E-state index contributed by atoms with van der Waals surface area (Å²) in [5.41, 5.74) is 4.93. The Morgan fingerprint density at radius 2 is 1.91 bits per heavy atom. The van der Waals surface area contributed by atoms with Gasteiger partial charge in [0.25, 0.3) is 5.91 Å². The topological polar surface area (TPSA) is 46.9 Å². The highest BCUT2D eigenvalue weighted by Crippen LogP contribution is 2.24. The molecule has 118 valence electrons. The Morgan fingerprint density at radius 1 is 1.17 bits per heavy atom. The number of carbonyl (C=O) groups excluding carboxylic acids is 1. The minimum atomic E-state index is -0.118. The largest absolute Gasteiger partial charge is 0.317 e. The van der Waals surface area contributed by atoms with Gasteiger partial charge in [0.05, 0.1) is 5.56 Å². The molecular weight excluding hydrogens is 306 g/mol. The molecule has 0 fully saturated rings. The first-order valence-electron chi connectivity index (χ1n) is 7.46. The van der Waals surface area contributed by atoms with E-state index in [0.717, 1.165) is 22.0 Å². The molecule has 3 rings (SSSR count). The number of nitrogens with one attached hydrogen (secondary N) is 1. The maximum atomic E-state index is 12.6. The van der Waals surface area contributed by atoms with Crippen molar-refractivity contribution < 1.29 is 4.79 Å². The van der Waals surface area contributed by atoms with Crippen LogP contribution in [-0.2, 0) is 0 Å². The molecule has 0 aliphatic heterocycles. The molecule has 0 radical (unpaired) electrons. The van der Waals surface area contributed by atoms with Crippen molar-refractivity contribution in [3.05, 3.63) is 63.9 Å². The number of carbonyl (C=O) groups is 1. The van der Waals surface area contributed by atoms with Gasteiger partial charge in [-0.25, -0.2) is 4.98 Å². The third-order valence-corrected chi connectivity index (χ3v) is 4.70. The van der Waals surface area contributed by atoms with Crippen molar-refractivity contribution in [1.29, 1.82) is 0 Å². The number of amides is 1. The summed E-state index contributed by atoms with van der Waals surface area (Å²) in [5, 5.41) is 3.51. The predicted molar refractivity (Wildman–Crippen MR) is 94.8 cm³/mol. The monoisotopic (exact) mass is 325 g/mol. The molecule has 0 spiro atoms. The number of hydrogen-bond acceptors (Lipinski definition) is 3.